The molecule has 0 bridgehead atoms. The van der Waals surface area contributed by atoms with Crippen LogP contribution in [0.4, 0.5) is 8.78 Å². The zero-order valence-electron chi connectivity index (χ0n) is 11.2. The first-order valence-corrected chi connectivity index (χ1v) is 6.51. The van der Waals surface area contributed by atoms with Crippen LogP contribution in [0.2, 0.25) is 0 Å². The molecule has 0 spiro atoms. The second kappa shape index (κ2) is 6.62. The molecule has 1 saturated heterocycles. The highest BCUT2D eigenvalue weighted by molar-refractivity contribution is 5.79. The van der Waals surface area contributed by atoms with Gasteiger partial charge in [-0.15, -0.1) is 0 Å². The Balaban J connectivity index is 1.97. The van der Waals surface area contributed by atoms with Crippen LogP contribution in [0.5, 0.6) is 0 Å². The van der Waals surface area contributed by atoms with Gasteiger partial charge in [0.15, 0.2) is 0 Å². The van der Waals surface area contributed by atoms with Crippen LogP contribution in [-0.4, -0.2) is 47.7 Å². The molecule has 21 heavy (non-hydrogen) atoms. The Labute approximate surface area is 120 Å². The highest BCUT2D eigenvalue weighted by atomic mass is 19.1. The first kappa shape index (κ1) is 15.4. The largest absolute Gasteiger partial charge is 0.481 e. The van der Waals surface area contributed by atoms with Crippen LogP contribution in [0.1, 0.15) is 12.0 Å². The fourth-order valence-corrected chi connectivity index (χ4v) is 2.20. The van der Waals surface area contributed by atoms with Crippen molar-refractivity contribution in [3.63, 3.8) is 0 Å². The monoisotopic (exact) mass is 299 g/mol. The normalized spacial score (nSPS) is 18.6. The van der Waals surface area contributed by atoms with Crippen molar-refractivity contribution in [2.75, 3.05) is 19.7 Å². The average Bonchev–Trinajstić information content (AvgIpc) is 2.41. The van der Waals surface area contributed by atoms with Crippen molar-refractivity contribution in [1.82, 2.24) is 4.90 Å². The predicted octanol–water partition coefficient (Wildman–Crippen LogP) is 1.21. The number of ether oxygens (including phenoxy) is 1. The van der Waals surface area contributed by atoms with Gasteiger partial charge in [0.05, 0.1) is 25.6 Å². The van der Waals surface area contributed by atoms with Crippen molar-refractivity contribution < 1.29 is 28.2 Å². The molecular weight excluding hydrogens is 284 g/mol. The second-order valence-electron chi connectivity index (χ2n) is 4.84. The van der Waals surface area contributed by atoms with E-state index in [2.05, 4.69) is 0 Å². The van der Waals surface area contributed by atoms with Crippen molar-refractivity contribution in [3.05, 3.63) is 35.4 Å². The molecule has 1 amide bonds. The van der Waals surface area contributed by atoms with Crippen LogP contribution in [-0.2, 0) is 20.7 Å². The molecule has 1 atom stereocenters. The summed E-state index contributed by atoms with van der Waals surface area (Å²) in [6, 6.07) is 3.06. The number of carboxylic acids is 1. The Hall–Kier alpha value is -2.02. The van der Waals surface area contributed by atoms with Gasteiger partial charge in [-0.25, -0.2) is 8.78 Å². The van der Waals surface area contributed by atoms with E-state index in [1.807, 2.05) is 0 Å². The molecule has 0 aromatic heterocycles. The van der Waals surface area contributed by atoms with Gasteiger partial charge < -0.3 is 14.7 Å². The molecule has 1 aromatic carbocycles. The van der Waals surface area contributed by atoms with E-state index in [0.29, 0.717) is 6.54 Å². The van der Waals surface area contributed by atoms with Gasteiger partial charge in [-0.3, -0.25) is 9.59 Å². The average molecular weight is 299 g/mol. The summed E-state index contributed by atoms with van der Waals surface area (Å²) in [5, 5.41) is 8.72. The first-order valence-electron chi connectivity index (χ1n) is 6.51. The van der Waals surface area contributed by atoms with Crippen molar-refractivity contribution >= 4 is 11.9 Å². The molecule has 2 rings (SSSR count). The maximum atomic E-state index is 13.5. The van der Waals surface area contributed by atoms with E-state index in [1.54, 1.807) is 0 Å². The molecule has 7 heteroatoms. The van der Waals surface area contributed by atoms with Gasteiger partial charge in [0, 0.05) is 19.2 Å². The number of nitrogens with zero attached hydrogens (tertiary/aromatic N) is 1. The summed E-state index contributed by atoms with van der Waals surface area (Å²) in [6.07, 6.45) is -0.932. The molecule has 0 saturated carbocycles. The molecule has 1 fully saturated rings. The number of aliphatic carboxylic acids is 1. The van der Waals surface area contributed by atoms with E-state index in [1.165, 1.54) is 11.0 Å². The van der Waals surface area contributed by atoms with Gasteiger partial charge in [0.1, 0.15) is 11.6 Å². The van der Waals surface area contributed by atoms with Crippen molar-refractivity contribution in [1.29, 1.82) is 0 Å². The molecule has 1 unspecified atom stereocenters. The third-order valence-corrected chi connectivity index (χ3v) is 3.25. The topological polar surface area (TPSA) is 66.8 Å². The lowest BCUT2D eigenvalue weighted by Gasteiger charge is -2.32. The molecule has 1 aliphatic heterocycles. The summed E-state index contributed by atoms with van der Waals surface area (Å²) in [4.78, 5) is 24.2. The summed E-state index contributed by atoms with van der Waals surface area (Å²) in [5.74, 6) is -2.80. The van der Waals surface area contributed by atoms with Gasteiger partial charge >= 0.3 is 5.97 Å². The predicted molar refractivity (Wildman–Crippen MR) is 68.6 cm³/mol. The Bertz CT molecular complexity index is 550. The van der Waals surface area contributed by atoms with Crippen LogP contribution in [0.15, 0.2) is 18.2 Å². The van der Waals surface area contributed by atoms with Crippen LogP contribution in [0.3, 0.4) is 0 Å². The third kappa shape index (κ3) is 4.22. The van der Waals surface area contributed by atoms with Crippen molar-refractivity contribution in [2.24, 2.45) is 0 Å². The SMILES string of the molecule is O=C(O)CC1CN(C(=O)Cc2ccc(F)cc2F)CCO1. The zero-order valence-corrected chi connectivity index (χ0v) is 11.2. The minimum Gasteiger partial charge on any atom is -0.481 e. The molecule has 1 aromatic rings. The number of amides is 1. The van der Waals surface area contributed by atoms with Gasteiger partial charge in [0.25, 0.3) is 0 Å². The lowest BCUT2D eigenvalue weighted by atomic mass is 10.1. The zero-order chi connectivity index (χ0) is 15.4. The number of carbonyl (C=O) groups excluding carboxylic acids is 1. The Morgan fingerprint density at radius 2 is 2.14 bits per heavy atom. The third-order valence-electron chi connectivity index (χ3n) is 3.25. The maximum absolute atomic E-state index is 13.5. The molecule has 0 radical (unpaired) electrons. The number of rotatable bonds is 4. The van der Waals surface area contributed by atoms with Crippen LogP contribution in [0, 0.1) is 11.6 Å². The maximum Gasteiger partial charge on any atom is 0.306 e. The minimum absolute atomic E-state index is 0.114. The van der Waals surface area contributed by atoms with E-state index >= 15 is 0 Å². The number of hydrogen-bond acceptors (Lipinski definition) is 3. The standard InChI is InChI=1S/C14H15F2NO4/c15-10-2-1-9(12(16)6-10)5-13(18)17-3-4-21-11(8-17)7-14(19)20/h1-2,6,11H,3-5,7-8H2,(H,19,20). The van der Waals surface area contributed by atoms with E-state index in [9.17, 15) is 18.4 Å². The molecule has 1 heterocycles. The van der Waals surface area contributed by atoms with Gasteiger partial charge in [0.2, 0.25) is 5.91 Å². The summed E-state index contributed by atoms with van der Waals surface area (Å²) < 4.78 is 31.6. The number of halogens is 2. The second-order valence-corrected chi connectivity index (χ2v) is 4.84. The lowest BCUT2D eigenvalue weighted by molar-refractivity contribution is -0.147. The minimum atomic E-state index is -1.00. The quantitative estimate of drug-likeness (QED) is 0.907. The number of carbonyl (C=O) groups is 2. The van der Waals surface area contributed by atoms with Gasteiger partial charge in [-0.1, -0.05) is 6.07 Å². The van der Waals surface area contributed by atoms with Crippen LogP contribution in [0.25, 0.3) is 0 Å². The Morgan fingerprint density at radius 3 is 2.81 bits per heavy atom. The molecule has 5 nitrogen and oxygen atoms in total. The van der Waals surface area contributed by atoms with Gasteiger partial charge in [-0.05, 0) is 11.6 Å². The highest BCUT2D eigenvalue weighted by Gasteiger charge is 2.26. The molecule has 0 aliphatic carbocycles. The van der Waals surface area contributed by atoms with Gasteiger partial charge in [-0.2, -0.15) is 0 Å². The Morgan fingerprint density at radius 1 is 1.38 bits per heavy atom. The lowest BCUT2D eigenvalue weighted by Crippen LogP contribution is -2.46. The number of benzene rings is 1. The summed E-state index contributed by atoms with van der Waals surface area (Å²) in [6.45, 7) is 0.737. The van der Waals surface area contributed by atoms with Crippen molar-refractivity contribution in [2.45, 2.75) is 18.9 Å². The van der Waals surface area contributed by atoms with Crippen LogP contribution >= 0.6 is 0 Å². The first-order chi connectivity index (χ1) is 9.95. The summed E-state index contributed by atoms with van der Waals surface area (Å²) in [7, 11) is 0. The molecular formula is C14H15F2NO4. The fourth-order valence-electron chi connectivity index (χ4n) is 2.20. The van der Waals surface area contributed by atoms with E-state index in [4.69, 9.17) is 9.84 Å². The number of hydrogen-bond donors (Lipinski definition) is 1. The van der Waals surface area contributed by atoms with Crippen molar-refractivity contribution in [3.8, 4) is 0 Å². The van der Waals surface area contributed by atoms with E-state index < -0.39 is 23.7 Å². The molecule has 1 N–H and O–H groups in total. The summed E-state index contributed by atoms with van der Waals surface area (Å²) in [5.41, 5.74) is 0.114. The number of carboxylic acid groups (broad SMARTS) is 1. The molecule has 114 valence electrons. The highest BCUT2D eigenvalue weighted by Crippen LogP contribution is 2.14. The van der Waals surface area contributed by atoms with E-state index in [0.717, 1.165) is 12.1 Å². The fraction of sp³-hybridized carbons (Fsp3) is 0.429. The van der Waals surface area contributed by atoms with E-state index in [-0.39, 0.29) is 37.5 Å². The number of morpholine rings is 1. The smallest absolute Gasteiger partial charge is 0.306 e. The van der Waals surface area contributed by atoms with Crippen LogP contribution < -0.4 is 0 Å². The summed E-state index contributed by atoms with van der Waals surface area (Å²) >= 11 is 0. The Kier molecular flexibility index (Phi) is 4.85. The molecule has 1 aliphatic rings.